The summed E-state index contributed by atoms with van der Waals surface area (Å²) < 4.78 is 0. The van der Waals surface area contributed by atoms with E-state index in [1.54, 1.807) is 5.01 Å². The molecule has 0 atom stereocenters. The van der Waals surface area contributed by atoms with Crippen molar-refractivity contribution >= 4 is 11.7 Å². The lowest BCUT2D eigenvalue weighted by molar-refractivity contribution is -0.132. The second kappa shape index (κ2) is 4.05. The molecule has 5 nitrogen and oxygen atoms in total. The first kappa shape index (κ1) is 10.1. The van der Waals surface area contributed by atoms with Crippen LogP contribution in [0.5, 0.6) is 0 Å². The van der Waals surface area contributed by atoms with Crippen LogP contribution in [0.1, 0.15) is 19.3 Å². The molecule has 5 heteroatoms. The Kier molecular flexibility index (Phi) is 2.55. The largest absolute Gasteiger partial charge is 0.356 e. The highest BCUT2D eigenvalue weighted by Crippen LogP contribution is 2.32. The van der Waals surface area contributed by atoms with Crippen molar-refractivity contribution in [2.45, 2.75) is 19.3 Å². The van der Waals surface area contributed by atoms with E-state index >= 15 is 0 Å². The lowest BCUT2D eigenvalue weighted by atomic mass is 10.3. The Bertz CT molecular complexity index is 318. The van der Waals surface area contributed by atoms with Gasteiger partial charge in [0, 0.05) is 38.5 Å². The molecule has 1 saturated carbocycles. The second-order valence-electron chi connectivity index (χ2n) is 4.74. The van der Waals surface area contributed by atoms with Crippen molar-refractivity contribution in [3.05, 3.63) is 0 Å². The van der Waals surface area contributed by atoms with E-state index in [9.17, 15) is 4.79 Å². The molecule has 16 heavy (non-hydrogen) atoms. The summed E-state index contributed by atoms with van der Waals surface area (Å²) in [6.45, 7) is 4.87. The van der Waals surface area contributed by atoms with Gasteiger partial charge in [0.1, 0.15) is 5.84 Å². The van der Waals surface area contributed by atoms with E-state index in [1.165, 1.54) is 0 Å². The summed E-state index contributed by atoms with van der Waals surface area (Å²) in [5.74, 6) is 1.63. The third-order valence-electron chi connectivity index (χ3n) is 3.45. The van der Waals surface area contributed by atoms with Crippen molar-refractivity contribution < 1.29 is 4.79 Å². The molecule has 0 radical (unpaired) electrons. The van der Waals surface area contributed by atoms with Crippen molar-refractivity contribution in [2.24, 2.45) is 11.0 Å². The Balaban J connectivity index is 1.63. The summed E-state index contributed by atoms with van der Waals surface area (Å²) in [4.78, 5) is 14.1. The zero-order valence-corrected chi connectivity index (χ0v) is 9.48. The van der Waals surface area contributed by atoms with E-state index in [-0.39, 0.29) is 11.8 Å². The Hall–Kier alpha value is -1.10. The number of amidine groups is 1. The monoisotopic (exact) mass is 222 g/mol. The van der Waals surface area contributed by atoms with Crippen LogP contribution in [0, 0.1) is 5.92 Å². The molecule has 2 heterocycles. The summed E-state index contributed by atoms with van der Waals surface area (Å²) in [7, 11) is 0. The highest BCUT2D eigenvalue weighted by molar-refractivity contribution is 5.89. The van der Waals surface area contributed by atoms with E-state index in [4.69, 9.17) is 0 Å². The molecule has 1 saturated heterocycles. The Morgan fingerprint density at radius 1 is 1.25 bits per heavy atom. The number of hydrogen-bond acceptors (Lipinski definition) is 4. The molecule has 2 fully saturated rings. The van der Waals surface area contributed by atoms with Crippen molar-refractivity contribution in [1.82, 2.24) is 15.2 Å². The van der Waals surface area contributed by atoms with Crippen molar-refractivity contribution in [1.29, 1.82) is 0 Å². The predicted octanol–water partition coefficient (Wildman–Crippen LogP) is -0.153. The van der Waals surface area contributed by atoms with E-state index < -0.39 is 0 Å². The number of amides is 1. The van der Waals surface area contributed by atoms with Crippen LogP contribution >= 0.6 is 0 Å². The molecular weight excluding hydrogens is 204 g/mol. The molecule has 0 aromatic heterocycles. The van der Waals surface area contributed by atoms with Crippen LogP contribution in [-0.4, -0.2) is 54.4 Å². The molecule has 0 aromatic rings. The van der Waals surface area contributed by atoms with Gasteiger partial charge < -0.3 is 10.2 Å². The average molecular weight is 222 g/mol. The minimum atomic E-state index is 0.241. The highest BCUT2D eigenvalue weighted by atomic mass is 16.2. The molecule has 0 aromatic carbocycles. The van der Waals surface area contributed by atoms with Crippen LogP contribution in [0.25, 0.3) is 0 Å². The maximum Gasteiger partial charge on any atom is 0.245 e. The van der Waals surface area contributed by atoms with Crippen LogP contribution in [-0.2, 0) is 4.79 Å². The quantitative estimate of drug-likeness (QED) is 0.671. The van der Waals surface area contributed by atoms with E-state index in [1.807, 2.05) is 0 Å². The summed E-state index contributed by atoms with van der Waals surface area (Å²) in [5.41, 5.74) is 0. The van der Waals surface area contributed by atoms with Crippen LogP contribution in [0.4, 0.5) is 0 Å². The van der Waals surface area contributed by atoms with E-state index in [0.717, 1.165) is 57.8 Å². The van der Waals surface area contributed by atoms with E-state index in [0.29, 0.717) is 0 Å². The van der Waals surface area contributed by atoms with Gasteiger partial charge in [-0.3, -0.25) is 4.79 Å². The molecule has 0 bridgehead atoms. The SMILES string of the molecule is O=C(C1CC1)N1CCC(N2CCNCC2)=N1. The zero-order valence-electron chi connectivity index (χ0n) is 9.48. The minimum Gasteiger partial charge on any atom is -0.356 e. The minimum absolute atomic E-state index is 0.241. The van der Waals surface area contributed by atoms with Gasteiger partial charge in [0.2, 0.25) is 5.91 Å². The normalized spacial score (nSPS) is 25.9. The number of nitrogens with one attached hydrogen (secondary N) is 1. The number of rotatable bonds is 1. The summed E-state index contributed by atoms with van der Waals surface area (Å²) in [6.07, 6.45) is 3.06. The third kappa shape index (κ3) is 1.91. The third-order valence-corrected chi connectivity index (χ3v) is 3.45. The van der Waals surface area contributed by atoms with Gasteiger partial charge in [-0.15, -0.1) is 0 Å². The average Bonchev–Trinajstić information content (AvgIpc) is 3.07. The number of nitrogens with zero attached hydrogens (tertiary/aromatic N) is 3. The molecule has 3 rings (SSSR count). The number of piperazine rings is 1. The van der Waals surface area contributed by atoms with Crippen molar-refractivity contribution in [3.8, 4) is 0 Å². The predicted molar refractivity (Wildman–Crippen MR) is 60.9 cm³/mol. The van der Waals surface area contributed by atoms with Gasteiger partial charge in [-0.1, -0.05) is 0 Å². The van der Waals surface area contributed by atoms with Crippen LogP contribution in [0.2, 0.25) is 0 Å². The maximum atomic E-state index is 11.8. The molecule has 0 unspecified atom stereocenters. The molecular formula is C11H18N4O. The van der Waals surface area contributed by atoms with Crippen LogP contribution < -0.4 is 5.32 Å². The van der Waals surface area contributed by atoms with Gasteiger partial charge in [-0.2, -0.15) is 5.10 Å². The van der Waals surface area contributed by atoms with Crippen LogP contribution in [0.15, 0.2) is 5.10 Å². The first-order chi connectivity index (χ1) is 7.84. The summed E-state index contributed by atoms with van der Waals surface area (Å²) in [6, 6.07) is 0. The van der Waals surface area contributed by atoms with Crippen molar-refractivity contribution in [3.63, 3.8) is 0 Å². The second-order valence-corrected chi connectivity index (χ2v) is 4.74. The molecule has 88 valence electrons. The lowest BCUT2D eigenvalue weighted by Gasteiger charge is -2.28. The highest BCUT2D eigenvalue weighted by Gasteiger charge is 2.35. The molecule has 0 spiro atoms. The first-order valence-electron chi connectivity index (χ1n) is 6.19. The summed E-state index contributed by atoms with van der Waals surface area (Å²) >= 11 is 0. The van der Waals surface area contributed by atoms with E-state index in [2.05, 4.69) is 15.3 Å². The number of carbonyl (C=O) groups is 1. The first-order valence-corrected chi connectivity index (χ1v) is 6.19. The molecule has 1 N–H and O–H groups in total. The molecule has 3 aliphatic rings. The topological polar surface area (TPSA) is 47.9 Å². The Labute approximate surface area is 95.5 Å². The number of carbonyl (C=O) groups excluding carboxylic acids is 1. The number of hydrogen-bond donors (Lipinski definition) is 1. The van der Waals surface area contributed by atoms with Crippen LogP contribution in [0.3, 0.4) is 0 Å². The standard InChI is InChI=1S/C11H18N4O/c16-11(9-1-2-9)15-6-3-10(13-15)14-7-4-12-5-8-14/h9,12H,1-8H2. The number of hydrazone groups is 1. The van der Waals surface area contributed by atoms with Gasteiger partial charge in [-0.05, 0) is 12.8 Å². The maximum absolute atomic E-state index is 11.8. The van der Waals surface area contributed by atoms with Crippen molar-refractivity contribution in [2.75, 3.05) is 32.7 Å². The fraction of sp³-hybridized carbons (Fsp3) is 0.818. The van der Waals surface area contributed by atoms with Gasteiger partial charge in [-0.25, -0.2) is 5.01 Å². The Morgan fingerprint density at radius 3 is 2.69 bits per heavy atom. The van der Waals surface area contributed by atoms with Gasteiger partial charge in [0.05, 0.1) is 6.54 Å². The lowest BCUT2D eigenvalue weighted by Crippen LogP contribution is -2.46. The van der Waals surface area contributed by atoms with Gasteiger partial charge in [0.15, 0.2) is 0 Å². The van der Waals surface area contributed by atoms with Gasteiger partial charge >= 0.3 is 0 Å². The Morgan fingerprint density at radius 2 is 2.00 bits per heavy atom. The zero-order chi connectivity index (χ0) is 11.0. The smallest absolute Gasteiger partial charge is 0.245 e. The molecule has 1 amide bonds. The molecule has 1 aliphatic carbocycles. The fourth-order valence-electron chi connectivity index (χ4n) is 2.29. The van der Waals surface area contributed by atoms with Gasteiger partial charge in [0.25, 0.3) is 0 Å². The summed E-state index contributed by atoms with van der Waals surface area (Å²) in [5, 5.41) is 9.48. The molecule has 2 aliphatic heterocycles. The fourth-order valence-corrected chi connectivity index (χ4v) is 2.29.